The molecule has 18 heavy (non-hydrogen) atoms. The van der Waals surface area contributed by atoms with Crippen LogP contribution in [0.15, 0.2) is 18.2 Å². The lowest BCUT2D eigenvalue weighted by atomic mass is 10.0. The fraction of sp³-hybridized carbons (Fsp3) is 0.417. The normalized spacial score (nSPS) is 13.2. The van der Waals surface area contributed by atoms with Crippen LogP contribution in [0.1, 0.15) is 29.7 Å². The summed E-state index contributed by atoms with van der Waals surface area (Å²) in [5.41, 5.74) is 4.84. The van der Waals surface area contributed by atoms with Gasteiger partial charge in [0.25, 0.3) is 0 Å². The van der Waals surface area contributed by atoms with Crippen molar-refractivity contribution < 1.29 is 22.8 Å². The lowest BCUT2D eigenvalue weighted by Gasteiger charge is -2.16. The summed E-state index contributed by atoms with van der Waals surface area (Å²) in [6.07, 6.45) is -4.99. The molecular formula is C12H14F3NO2. The summed E-state index contributed by atoms with van der Waals surface area (Å²) in [4.78, 5) is 14.5. The minimum Gasteiger partial charge on any atom is -0.363 e. The van der Waals surface area contributed by atoms with Crippen molar-refractivity contribution in [2.75, 3.05) is 0 Å². The van der Waals surface area contributed by atoms with E-state index in [0.717, 1.165) is 16.7 Å². The second-order valence-corrected chi connectivity index (χ2v) is 4.09. The number of alkyl halides is 3. The Morgan fingerprint density at radius 2 is 1.94 bits per heavy atom. The Morgan fingerprint density at radius 3 is 2.44 bits per heavy atom. The Labute approximate surface area is 103 Å². The van der Waals surface area contributed by atoms with Gasteiger partial charge in [-0.15, -0.1) is 5.48 Å². The fourth-order valence-electron chi connectivity index (χ4n) is 1.57. The van der Waals surface area contributed by atoms with E-state index in [-0.39, 0.29) is 0 Å². The minimum atomic E-state index is -4.99. The summed E-state index contributed by atoms with van der Waals surface area (Å²) in [7, 11) is 0. The highest BCUT2D eigenvalue weighted by molar-refractivity contribution is 5.75. The molecule has 1 rings (SSSR count). The standard InChI is InChI=1S/C12H14F3NO2/c1-7-4-5-10(8(2)6-7)9(3)16-18-11(17)12(13,14)15/h4-6,9,16H,1-3H3. The average molecular weight is 261 g/mol. The van der Waals surface area contributed by atoms with Gasteiger partial charge in [-0.25, -0.2) is 4.79 Å². The van der Waals surface area contributed by atoms with Gasteiger partial charge in [0.1, 0.15) is 0 Å². The zero-order valence-electron chi connectivity index (χ0n) is 10.3. The van der Waals surface area contributed by atoms with Crippen LogP contribution in [0.2, 0.25) is 0 Å². The molecule has 0 radical (unpaired) electrons. The van der Waals surface area contributed by atoms with Gasteiger partial charge < -0.3 is 4.84 Å². The monoisotopic (exact) mass is 261 g/mol. The maximum absolute atomic E-state index is 11.9. The molecule has 0 spiro atoms. The molecule has 1 unspecified atom stereocenters. The molecule has 0 aliphatic carbocycles. The molecule has 0 fully saturated rings. The first kappa shape index (κ1) is 14.5. The molecule has 3 nitrogen and oxygen atoms in total. The molecular weight excluding hydrogens is 247 g/mol. The van der Waals surface area contributed by atoms with E-state index in [0.29, 0.717) is 0 Å². The Balaban J connectivity index is 2.66. The summed E-state index contributed by atoms with van der Waals surface area (Å²) in [5.74, 6) is -2.25. The first-order chi connectivity index (χ1) is 8.21. The van der Waals surface area contributed by atoms with Crippen molar-refractivity contribution in [2.24, 2.45) is 0 Å². The molecule has 0 bridgehead atoms. The van der Waals surface area contributed by atoms with Crippen LogP contribution < -0.4 is 5.48 Å². The van der Waals surface area contributed by atoms with E-state index in [1.54, 1.807) is 13.0 Å². The second-order valence-electron chi connectivity index (χ2n) is 4.09. The predicted octanol–water partition coefficient (Wildman–Crippen LogP) is 2.97. The van der Waals surface area contributed by atoms with Gasteiger partial charge in [0.15, 0.2) is 0 Å². The maximum atomic E-state index is 11.9. The Morgan fingerprint density at radius 1 is 1.33 bits per heavy atom. The highest BCUT2D eigenvalue weighted by atomic mass is 19.4. The number of benzene rings is 1. The molecule has 0 aliphatic rings. The van der Waals surface area contributed by atoms with Crippen LogP contribution in [0.5, 0.6) is 0 Å². The van der Waals surface area contributed by atoms with Crippen LogP contribution in [0, 0.1) is 13.8 Å². The van der Waals surface area contributed by atoms with Crippen molar-refractivity contribution in [3.8, 4) is 0 Å². The molecule has 0 amide bonds. The Hall–Kier alpha value is -1.56. The molecule has 1 atom stereocenters. The number of hydrogen-bond donors (Lipinski definition) is 1. The van der Waals surface area contributed by atoms with Crippen LogP contribution in [0.4, 0.5) is 13.2 Å². The Bertz CT molecular complexity index is 443. The van der Waals surface area contributed by atoms with Crippen LogP contribution in [0.25, 0.3) is 0 Å². The van der Waals surface area contributed by atoms with Crippen molar-refractivity contribution in [1.29, 1.82) is 0 Å². The van der Waals surface area contributed by atoms with Crippen LogP contribution in [-0.4, -0.2) is 12.1 Å². The van der Waals surface area contributed by atoms with Crippen molar-refractivity contribution in [3.63, 3.8) is 0 Å². The molecule has 1 N–H and O–H groups in total. The van der Waals surface area contributed by atoms with Gasteiger partial charge in [-0.3, -0.25) is 0 Å². The first-order valence-corrected chi connectivity index (χ1v) is 5.32. The average Bonchev–Trinajstić information content (AvgIpc) is 2.24. The van der Waals surface area contributed by atoms with Crippen molar-refractivity contribution >= 4 is 5.97 Å². The topological polar surface area (TPSA) is 38.3 Å². The maximum Gasteiger partial charge on any atom is 0.492 e. The van der Waals surface area contributed by atoms with Crippen LogP contribution >= 0.6 is 0 Å². The van der Waals surface area contributed by atoms with Gasteiger partial charge in [-0.05, 0) is 31.9 Å². The van der Waals surface area contributed by atoms with Gasteiger partial charge in [0.05, 0.1) is 6.04 Å². The van der Waals surface area contributed by atoms with E-state index in [1.807, 2.05) is 26.0 Å². The molecule has 1 aromatic rings. The molecule has 0 aliphatic heterocycles. The molecule has 6 heteroatoms. The highest BCUT2D eigenvalue weighted by Crippen LogP contribution is 2.20. The van der Waals surface area contributed by atoms with E-state index in [1.165, 1.54) is 0 Å². The number of carbonyl (C=O) groups excluding carboxylic acids is 1. The molecule has 1 aromatic carbocycles. The van der Waals surface area contributed by atoms with E-state index in [9.17, 15) is 18.0 Å². The number of hydrogen-bond acceptors (Lipinski definition) is 3. The number of hydroxylamine groups is 1. The summed E-state index contributed by atoms with van der Waals surface area (Å²) in [5, 5.41) is 0. The summed E-state index contributed by atoms with van der Waals surface area (Å²) >= 11 is 0. The smallest absolute Gasteiger partial charge is 0.363 e. The van der Waals surface area contributed by atoms with Crippen molar-refractivity contribution in [1.82, 2.24) is 5.48 Å². The SMILES string of the molecule is Cc1ccc(C(C)NOC(=O)C(F)(F)F)c(C)c1. The van der Waals surface area contributed by atoms with E-state index < -0.39 is 18.2 Å². The van der Waals surface area contributed by atoms with Gasteiger partial charge in [-0.1, -0.05) is 23.8 Å². The lowest BCUT2D eigenvalue weighted by molar-refractivity contribution is -0.208. The quantitative estimate of drug-likeness (QED) is 0.850. The van der Waals surface area contributed by atoms with Crippen LogP contribution in [-0.2, 0) is 9.63 Å². The first-order valence-electron chi connectivity index (χ1n) is 5.32. The third kappa shape index (κ3) is 3.73. The summed E-state index contributed by atoms with van der Waals surface area (Å²) in [6.45, 7) is 5.37. The largest absolute Gasteiger partial charge is 0.492 e. The molecule has 0 heterocycles. The number of carbonyl (C=O) groups is 1. The van der Waals surface area contributed by atoms with Gasteiger partial charge in [0.2, 0.25) is 0 Å². The zero-order chi connectivity index (χ0) is 13.9. The van der Waals surface area contributed by atoms with Gasteiger partial charge in [0, 0.05) is 0 Å². The minimum absolute atomic E-state index is 0.517. The van der Waals surface area contributed by atoms with E-state index in [2.05, 4.69) is 10.3 Å². The molecule has 0 saturated carbocycles. The van der Waals surface area contributed by atoms with E-state index in [4.69, 9.17) is 0 Å². The highest BCUT2D eigenvalue weighted by Gasteiger charge is 2.41. The third-order valence-corrected chi connectivity index (χ3v) is 2.45. The predicted molar refractivity (Wildman–Crippen MR) is 59.6 cm³/mol. The van der Waals surface area contributed by atoms with Crippen molar-refractivity contribution in [3.05, 3.63) is 34.9 Å². The summed E-state index contributed by atoms with van der Waals surface area (Å²) < 4.78 is 35.8. The van der Waals surface area contributed by atoms with Gasteiger partial charge in [-0.2, -0.15) is 13.2 Å². The molecule has 0 aromatic heterocycles. The van der Waals surface area contributed by atoms with E-state index >= 15 is 0 Å². The number of rotatable bonds is 3. The number of aryl methyl sites for hydroxylation is 2. The van der Waals surface area contributed by atoms with Gasteiger partial charge >= 0.3 is 12.1 Å². The number of halogens is 3. The van der Waals surface area contributed by atoms with Crippen LogP contribution in [0.3, 0.4) is 0 Å². The fourth-order valence-corrected chi connectivity index (χ4v) is 1.57. The Kier molecular flexibility index (Phi) is 4.34. The van der Waals surface area contributed by atoms with Crippen molar-refractivity contribution in [2.45, 2.75) is 33.0 Å². The zero-order valence-corrected chi connectivity index (χ0v) is 10.3. The third-order valence-electron chi connectivity index (χ3n) is 2.45. The molecule has 0 saturated heterocycles. The second kappa shape index (κ2) is 5.39. The summed E-state index contributed by atoms with van der Waals surface area (Å²) in [6, 6.07) is 5.01. The molecule has 100 valence electrons. The number of nitrogens with one attached hydrogen (secondary N) is 1. The lowest BCUT2D eigenvalue weighted by Crippen LogP contribution is -2.32.